The Hall–Kier alpha value is -0.790. The van der Waals surface area contributed by atoms with Crippen molar-refractivity contribution >= 4 is 5.91 Å². The first kappa shape index (κ1) is 12.7. The number of hydrogen-bond donors (Lipinski definition) is 0. The molecule has 2 aliphatic carbocycles. The van der Waals surface area contributed by atoms with Crippen LogP contribution in [0.1, 0.15) is 46.5 Å². The molecule has 1 amide bonds. The van der Waals surface area contributed by atoms with Gasteiger partial charge in [-0.3, -0.25) is 4.79 Å². The van der Waals surface area contributed by atoms with Gasteiger partial charge in [-0.1, -0.05) is 18.6 Å². The third kappa shape index (κ3) is 2.56. The first-order valence-corrected chi connectivity index (χ1v) is 6.81. The van der Waals surface area contributed by atoms with Crippen molar-refractivity contribution in [1.29, 1.82) is 0 Å². The number of rotatable bonds is 3. The van der Waals surface area contributed by atoms with E-state index in [2.05, 4.69) is 19.9 Å². The summed E-state index contributed by atoms with van der Waals surface area (Å²) in [5, 5.41) is 0. The minimum absolute atomic E-state index is 0.193. The second-order valence-electron chi connectivity index (χ2n) is 6.33. The molecule has 0 aliphatic heterocycles. The Morgan fingerprint density at radius 2 is 2.29 bits per heavy atom. The molecule has 0 bridgehead atoms. The van der Waals surface area contributed by atoms with Gasteiger partial charge >= 0.3 is 0 Å². The fourth-order valence-electron chi connectivity index (χ4n) is 3.27. The predicted molar refractivity (Wildman–Crippen MR) is 70.6 cm³/mol. The summed E-state index contributed by atoms with van der Waals surface area (Å²) in [4.78, 5) is 13.1. The molecule has 0 aromatic heterocycles. The third-order valence-electron chi connectivity index (χ3n) is 5.06. The van der Waals surface area contributed by atoms with E-state index < -0.39 is 0 Å². The molecule has 3 unspecified atom stereocenters. The zero-order valence-electron chi connectivity index (χ0n) is 11.6. The number of allylic oxidation sites excluding steroid dienone is 2. The molecule has 0 saturated heterocycles. The second-order valence-corrected chi connectivity index (χ2v) is 6.33. The summed E-state index contributed by atoms with van der Waals surface area (Å²) in [6.07, 6.45) is 7.60. The van der Waals surface area contributed by atoms with E-state index in [1.165, 1.54) is 25.7 Å². The van der Waals surface area contributed by atoms with Crippen LogP contribution in [-0.2, 0) is 4.79 Å². The SMILES string of the molecule is CC(=O)N(C)CC1CC1(C)C1CC=C(C)CC1. The number of amides is 1. The molecule has 0 aromatic rings. The molecule has 96 valence electrons. The molecular formula is C15H25NO. The van der Waals surface area contributed by atoms with Crippen molar-refractivity contribution in [2.24, 2.45) is 17.3 Å². The fraction of sp³-hybridized carbons (Fsp3) is 0.800. The lowest BCUT2D eigenvalue weighted by atomic mass is 9.78. The molecule has 0 radical (unpaired) electrons. The van der Waals surface area contributed by atoms with Gasteiger partial charge in [0.1, 0.15) is 0 Å². The lowest BCUT2D eigenvalue weighted by Crippen LogP contribution is -2.28. The molecule has 0 aromatic carbocycles. The van der Waals surface area contributed by atoms with Crippen LogP contribution in [0.25, 0.3) is 0 Å². The summed E-state index contributed by atoms with van der Waals surface area (Å²) >= 11 is 0. The van der Waals surface area contributed by atoms with E-state index in [-0.39, 0.29) is 5.91 Å². The zero-order chi connectivity index (χ0) is 12.6. The Balaban J connectivity index is 1.89. The van der Waals surface area contributed by atoms with E-state index >= 15 is 0 Å². The molecule has 0 heterocycles. The lowest BCUT2D eigenvalue weighted by Gasteiger charge is -2.28. The maximum absolute atomic E-state index is 11.3. The molecule has 2 aliphatic rings. The molecule has 0 spiro atoms. The van der Waals surface area contributed by atoms with E-state index in [9.17, 15) is 4.79 Å². The van der Waals surface area contributed by atoms with E-state index in [0.717, 1.165) is 18.4 Å². The molecule has 17 heavy (non-hydrogen) atoms. The average Bonchev–Trinajstić information content (AvgIpc) is 2.91. The zero-order valence-corrected chi connectivity index (χ0v) is 11.6. The van der Waals surface area contributed by atoms with Gasteiger partial charge in [0.25, 0.3) is 0 Å². The minimum Gasteiger partial charge on any atom is -0.346 e. The summed E-state index contributed by atoms with van der Waals surface area (Å²) in [6, 6.07) is 0. The van der Waals surface area contributed by atoms with E-state index in [0.29, 0.717) is 5.41 Å². The largest absolute Gasteiger partial charge is 0.346 e. The first-order valence-electron chi connectivity index (χ1n) is 6.81. The lowest BCUT2D eigenvalue weighted by molar-refractivity contribution is -0.127. The molecule has 1 fully saturated rings. The summed E-state index contributed by atoms with van der Waals surface area (Å²) < 4.78 is 0. The van der Waals surface area contributed by atoms with Crippen molar-refractivity contribution in [2.45, 2.75) is 46.5 Å². The normalized spacial score (nSPS) is 36.4. The number of carbonyl (C=O) groups excluding carboxylic acids is 1. The Morgan fingerprint density at radius 3 is 2.82 bits per heavy atom. The van der Waals surface area contributed by atoms with E-state index in [1.54, 1.807) is 12.5 Å². The standard InChI is InChI=1S/C15H25NO/c1-11-5-7-13(8-6-11)15(3)9-14(15)10-16(4)12(2)17/h5,13-14H,6-10H2,1-4H3. The smallest absolute Gasteiger partial charge is 0.219 e. The quantitative estimate of drug-likeness (QED) is 0.688. The van der Waals surface area contributed by atoms with Gasteiger partial charge in [-0.25, -0.2) is 0 Å². The average molecular weight is 235 g/mol. The van der Waals surface area contributed by atoms with Gasteiger partial charge in [0, 0.05) is 20.5 Å². The highest BCUT2D eigenvalue weighted by Crippen LogP contribution is 2.60. The van der Waals surface area contributed by atoms with Crippen LogP contribution < -0.4 is 0 Å². The summed E-state index contributed by atoms with van der Waals surface area (Å²) in [5.41, 5.74) is 2.06. The molecule has 2 nitrogen and oxygen atoms in total. The molecular weight excluding hydrogens is 210 g/mol. The van der Waals surface area contributed by atoms with E-state index in [1.807, 2.05) is 11.9 Å². The van der Waals surface area contributed by atoms with Crippen molar-refractivity contribution in [2.75, 3.05) is 13.6 Å². The number of hydrogen-bond acceptors (Lipinski definition) is 1. The van der Waals surface area contributed by atoms with Crippen LogP contribution in [0.5, 0.6) is 0 Å². The van der Waals surface area contributed by atoms with Crippen molar-refractivity contribution in [3.8, 4) is 0 Å². The summed E-state index contributed by atoms with van der Waals surface area (Å²) in [5.74, 6) is 1.77. The number of nitrogens with zero attached hydrogens (tertiary/aromatic N) is 1. The van der Waals surface area contributed by atoms with Crippen LogP contribution in [-0.4, -0.2) is 24.4 Å². The van der Waals surface area contributed by atoms with Crippen molar-refractivity contribution in [3.05, 3.63) is 11.6 Å². The Kier molecular flexibility index (Phi) is 3.33. The molecule has 2 heteroatoms. The second kappa shape index (κ2) is 4.47. The van der Waals surface area contributed by atoms with Crippen molar-refractivity contribution in [3.63, 3.8) is 0 Å². The highest BCUT2D eigenvalue weighted by atomic mass is 16.2. The highest BCUT2D eigenvalue weighted by Gasteiger charge is 2.54. The highest BCUT2D eigenvalue weighted by molar-refractivity contribution is 5.72. The van der Waals surface area contributed by atoms with Crippen molar-refractivity contribution < 1.29 is 4.79 Å². The summed E-state index contributed by atoms with van der Waals surface area (Å²) in [6.45, 7) is 7.27. The van der Waals surface area contributed by atoms with Crippen LogP contribution in [0.4, 0.5) is 0 Å². The Labute approximate surface area is 105 Å². The topological polar surface area (TPSA) is 20.3 Å². The monoisotopic (exact) mass is 235 g/mol. The molecule has 3 atom stereocenters. The van der Waals surface area contributed by atoms with Gasteiger partial charge in [0.05, 0.1) is 0 Å². The van der Waals surface area contributed by atoms with Crippen LogP contribution in [0, 0.1) is 17.3 Å². The van der Waals surface area contributed by atoms with Gasteiger partial charge in [0.2, 0.25) is 5.91 Å². The number of carbonyl (C=O) groups is 1. The van der Waals surface area contributed by atoms with Crippen LogP contribution in [0.3, 0.4) is 0 Å². The van der Waals surface area contributed by atoms with Crippen LogP contribution in [0.2, 0.25) is 0 Å². The van der Waals surface area contributed by atoms with Crippen molar-refractivity contribution in [1.82, 2.24) is 4.90 Å². The van der Waals surface area contributed by atoms with Gasteiger partial charge in [-0.2, -0.15) is 0 Å². The minimum atomic E-state index is 0.193. The molecule has 1 saturated carbocycles. The summed E-state index contributed by atoms with van der Waals surface area (Å²) in [7, 11) is 1.92. The maximum atomic E-state index is 11.3. The Bertz CT molecular complexity index is 347. The van der Waals surface area contributed by atoms with Gasteiger partial charge in [-0.05, 0) is 49.9 Å². The first-order chi connectivity index (χ1) is 7.93. The van der Waals surface area contributed by atoms with Crippen LogP contribution >= 0.6 is 0 Å². The fourth-order valence-corrected chi connectivity index (χ4v) is 3.27. The van der Waals surface area contributed by atoms with Crippen LogP contribution in [0.15, 0.2) is 11.6 Å². The maximum Gasteiger partial charge on any atom is 0.219 e. The van der Waals surface area contributed by atoms with E-state index in [4.69, 9.17) is 0 Å². The van der Waals surface area contributed by atoms with Gasteiger partial charge in [-0.15, -0.1) is 0 Å². The third-order valence-corrected chi connectivity index (χ3v) is 5.06. The van der Waals surface area contributed by atoms with Gasteiger partial charge < -0.3 is 4.90 Å². The van der Waals surface area contributed by atoms with Gasteiger partial charge in [0.15, 0.2) is 0 Å². The predicted octanol–water partition coefficient (Wildman–Crippen LogP) is 3.24. The molecule has 0 N–H and O–H groups in total. The molecule has 2 rings (SSSR count). The Morgan fingerprint density at radius 1 is 1.59 bits per heavy atom.